The van der Waals surface area contributed by atoms with Gasteiger partial charge in [-0.1, -0.05) is 20.8 Å². The Balaban J connectivity index is 1.65. The van der Waals surface area contributed by atoms with Crippen LogP contribution in [-0.2, 0) is 0 Å². The third kappa shape index (κ3) is 1.96. The van der Waals surface area contributed by atoms with Gasteiger partial charge in [-0.2, -0.15) is 11.8 Å². The van der Waals surface area contributed by atoms with Crippen molar-refractivity contribution in [2.75, 3.05) is 12.3 Å². The van der Waals surface area contributed by atoms with E-state index < -0.39 is 0 Å². The highest BCUT2D eigenvalue weighted by atomic mass is 32.2. The van der Waals surface area contributed by atoms with Crippen LogP contribution in [0.3, 0.4) is 0 Å². The summed E-state index contributed by atoms with van der Waals surface area (Å²) in [5.74, 6) is 2.36. The molecule has 0 radical (unpaired) electrons. The average molecular weight is 253 g/mol. The van der Waals surface area contributed by atoms with Gasteiger partial charge in [-0.05, 0) is 54.6 Å². The smallest absolute Gasteiger partial charge is 0.0175 e. The Bertz CT molecular complexity index is 291. The SMILES string of the molecule is CC12CCC(C1)C(C)(C)C2NCC1CCCS1. The normalized spacial score (nSPS) is 47.8. The Morgan fingerprint density at radius 2 is 2.06 bits per heavy atom. The fraction of sp³-hybridized carbons (Fsp3) is 1.00. The molecule has 1 aliphatic heterocycles. The number of thioether (sulfide) groups is 1. The van der Waals surface area contributed by atoms with E-state index in [2.05, 4.69) is 37.8 Å². The van der Waals surface area contributed by atoms with Gasteiger partial charge < -0.3 is 5.32 Å². The van der Waals surface area contributed by atoms with Crippen molar-refractivity contribution in [3.8, 4) is 0 Å². The van der Waals surface area contributed by atoms with Crippen molar-refractivity contribution in [1.82, 2.24) is 5.32 Å². The van der Waals surface area contributed by atoms with Gasteiger partial charge in [-0.25, -0.2) is 0 Å². The molecule has 2 bridgehead atoms. The summed E-state index contributed by atoms with van der Waals surface area (Å²) in [5, 5.41) is 4.86. The second-order valence-electron chi connectivity index (χ2n) is 7.39. The number of fused-ring (bicyclic) bond motifs is 2. The molecule has 2 aliphatic carbocycles. The van der Waals surface area contributed by atoms with Gasteiger partial charge in [-0.3, -0.25) is 0 Å². The molecule has 1 saturated heterocycles. The standard InChI is InChI=1S/C15H27NS/c1-14(2)11-6-7-15(3,9-11)13(14)16-10-12-5-4-8-17-12/h11-13,16H,4-10H2,1-3H3. The minimum Gasteiger partial charge on any atom is -0.312 e. The van der Waals surface area contributed by atoms with Crippen LogP contribution >= 0.6 is 11.8 Å². The Hall–Kier alpha value is 0.310. The predicted molar refractivity (Wildman–Crippen MR) is 76.5 cm³/mol. The summed E-state index contributed by atoms with van der Waals surface area (Å²) in [7, 11) is 0. The first kappa shape index (κ1) is 12.3. The van der Waals surface area contributed by atoms with Gasteiger partial charge >= 0.3 is 0 Å². The molecule has 4 unspecified atom stereocenters. The molecule has 98 valence electrons. The van der Waals surface area contributed by atoms with E-state index in [1.807, 2.05) is 0 Å². The molecule has 0 aromatic carbocycles. The zero-order valence-corrected chi connectivity index (χ0v) is 12.4. The summed E-state index contributed by atoms with van der Waals surface area (Å²) in [6.07, 6.45) is 7.27. The molecular weight excluding hydrogens is 226 g/mol. The average Bonchev–Trinajstić information content (AvgIpc) is 2.90. The fourth-order valence-corrected chi connectivity index (χ4v) is 6.08. The molecule has 0 spiro atoms. The van der Waals surface area contributed by atoms with E-state index in [0.29, 0.717) is 10.8 Å². The Labute approximate surface area is 111 Å². The summed E-state index contributed by atoms with van der Waals surface area (Å²) in [4.78, 5) is 0. The highest BCUT2D eigenvalue weighted by Crippen LogP contribution is 2.62. The van der Waals surface area contributed by atoms with E-state index in [4.69, 9.17) is 0 Å². The number of nitrogens with one attached hydrogen (secondary N) is 1. The molecule has 3 fully saturated rings. The lowest BCUT2D eigenvalue weighted by Crippen LogP contribution is -2.51. The van der Waals surface area contributed by atoms with Crippen molar-refractivity contribution in [3.05, 3.63) is 0 Å². The lowest BCUT2D eigenvalue weighted by Gasteiger charge is -2.43. The van der Waals surface area contributed by atoms with Crippen LogP contribution in [0.4, 0.5) is 0 Å². The Kier molecular flexibility index (Phi) is 3.02. The zero-order chi connectivity index (χ0) is 12.1. The van der Waals surface area contributed by atoms with Gasteiger partial charge in [-0.15, -0.1) is 0 Å². The molecular formula is C15H27NS. The highest BCUT2D eigenvalue weighted by Gasteiger charge is 2.58. The minimum atomic E-state index is 0.524. The summed E-state index contributed by atoms with van der Waals surface area (Å²) >= 11 is 2.18. The fourth-order valence-electron chi connectivity index (χ4n) is 4.87. The van der Waals surface area contributed by atoms with Gasteiger partial charge in [0, 0.05) is 17.8 Å². The summed E-state index contributed by atoms with van der Waals surface area (Å²) < 4.78 is 0. The monoisotopic (exact) mass is 253 g/mol. The zero-order valence-electron chi connectivity index (χ0n) is 11.6. The van der Waals surface area contributed by atoms with Crippen LogP contribution in [0, 0.1) is 16.7 Å². The third-order valence-electron chi connectivity index (χ3n) is 5.84. The first-order chi connectivity index (χ1) is 8.02. The largest absolute Gasteiger partial charge is 0.312 e. The topological polar surface area (TPSA) is 12.0 Å². The van der Waals surface area contributed by atoms with Crippen molar-refractivity contribution in [1.29, 1.82) is 0 Å². The molecule has 17 heavy (non-hydrogen) atoms. The van der Waals surface area contributed by atoms with Crippen LogP contribution in [0.5, 0.6) is 0 Å². The van der Waals surface area contributed by atoms with Crippen molar-refractivity contribution in [2.24, 2.45) is 16.7 Å². The molecule has 3 aliphatic rings. The van der Waals surface area contributed by atoms with Crippen molar-refractivity contribution < 1.29 is 0 Å². The number of hydrogen-bond donors (Lipinski definition) is 1. The van der Waals surface area contributed by atoms with Crippen LogP contribution in [0.1, 0.15) is 52.9 Å². The molecule has 0 aromatic heterocycles. The van der Waals surface area contributed by atoms with Gasteiger partial charge in [0.05, 0.1) is 0 Å². The van der Waals surface area contributed by atoms with E-state index >= 15 is 0 Å². The molecule has 4 atom stereocenters. The molecule has 0 amide bonds. The van der Waals surface area contributed by atoms with Crippen LogP contribution in [-0.4, -0.2) is 23.6 Å². The number of hydrogen-bond acceptors (Lipinski definition) is 2. The van der Waals surface area contributed by atoms with E-state index in [1.165, 1.54) is 44.4 Å². The maximum atomic E-state index is 3.96. The van der Waals surface area contributed by atoms with Crippen molar-refractivity contribution in [3.63, 3.8) is 0 Å². The van der Waals surface area contributed by atoms with Gasteiger partial charge in [0.1, 0.15) is 0 Å². The molecule has 0 aromatic rings. The predicted octanol–water partition coefficient (Wildman–Crippen LogP) is 3.69. The summed E-state index contributed by atoms with van der Waals surface area (Å²) in [6.45, 7) is 8.78. The molecule has 1 heterocycles. The Morgan fingerprint density at radius 3 is 2.65 bits per heavy atom. The van der Waals surface area contributed by atoms with E-state index in [1.54, 1.807) is 0 Å². The van der Waals surface area contributed by atoms with Crippen molar-refractivity contribution >= 4 is 11.8 Å². The lowest BCUT2D eigenvalue weighted by molar-refractivity contribution is 0.109. The van der Waals surface area contributed by atoms with Crippen LogP contribution in [0.15, 0.2) is 0 Å². The van der Waals surface area contributed by atoms with E-state index in [9.17, 15) is 0 Å². The molecule has 2 heteroatoms. The van der Waals surface area contributed by atoms with E-state index in [0.717, 1.165) is 17.2 Å². The lowest BCUT2D eigenvalue weighted by atomic mass is 9.68. The maximum absolute atomic E-state index is 3.96. The van der Waals surface area contributed by atoms with Crippen molar-refractivity contribution in [2.45, 2.75) is 64.2 Å². The first-order valence-corrected chi connectivity index (χ1v) is 8.42. The van der Waals surface area contributed by atoms with Crippen LogP contribution < -0.4 is 5.32 Å². The minimum absolute atomic E-state index is 0.524. The van der Waals surface area contributed by atoms with Gasteiger partial charge in [0.15, 0.2) is 0 Å². The first-order valence-electron chi connectivity index (χ1n) is 7.37. The van der Waals surface area contributed by atoms with E-state index in [-0.39, 0.29) is 0 Å². The molecule has 1 N–H and O–H groups in total. The quantitative estimate of drug-likeness (QED) is 0.823. The Morgan fingerprint density at radius 1 is 1.24 bits per heavy atom. The maximum Gasteiger partial charge on any atom is 0.0175 e. The third-order valence-corrected chi connectivity index (χ3v) is 7.24. The van der Waals surface area contributed by atoms with Gasteiger partial charge in [0.2, 0.25) is 0 Å². The van der Waals surface area contributed by atoms with Gasteiger partial charge in [0.25, 0.3) is 0 Å². The molecule has 1 nitrogen and oxygen atoms in total. The van der Waals surface area contributed by atoms with Crippen LogP contribution in [0.2, 0.25) is 0 Å². The summed E-state index contributed by atoms with van der Waals surface area (Å²) in [6, 6.07) is 0.759. The summed E-state index contributed by atoms with van der Waals surface area (Å²) in [5.41, 5.74) is 1.12. The van der Waals surface area contributed by atoms with Crippen LogP contribution in [0.25, 0.3) is 0 Å². The molecule has 2 saturated carbocycles. The number of rotatable bonds is 3. The molecule has 3 rings (SSSR count). The highest BCUT2D eigenvalue weighted by molar-refractivity contribution is 8.00. The second kappa shape index (κ2) is 4.16. The second-order valence-corrected chi connectivity index (χ2v) is 8.80.